The standard InChI is InChI=1S/C26H32N4/c1-17-15-18(2)24(19(3)16-17)28-26-27-21(5)23-13-14-30(25(23)29-26)20(4)11-12-22-9-7-6-8-10-22/h6-10,15-16,20H,11-14H2,1-5H3,(H,27,28,29). The van der Waals surface area contributed by atoms with Gasteiger partial charge in [-0.2, -0.15) is 4.98 Å². The Kier molecular flexibility index (Phi) is 5.76. The summed E-state index contributed by atoms with van der Waals surface area (Å²) in [6.45, 7) is 11.9. The third-order valence-electron chi connectivity index (χ3n) is 6.21. The summed E-state index contributed by atoms with van der Waals surface area (Å²) >= 11 is 0. The van der Waals surface area contributed by atoms with Crippen LogP contribution in [0.2, 0.25) is 0 Å². The smallest absolute Gasteiger partial charge is 0.229 e. The molecule has 0 amide bonds. The van der Waals surface area contributed by atoms with Crippen molar-refractivity contribution in [1.29, 1.82) is 0 Å². The van der Waals surface area contributed by atoms with Crippen molar-refractivity contribution in [2.24, 2.45) is 0 Å². The van der Waals surface area contributed by atoms with E-state index in [2.05, 4.69) is 87.3 Å². The molecule has 1 atom stereocenters. The van der Waals surface area contributed by atoms with Crippen LogP contribution in [-0.4, -0.2) is 22.6 Å². The van der Waals surface area contributed by atoms with Crippen molar-refractivity contribution in [3.05, 3.63) is 76.0 Å². The Morgan fingerprint density at radius 3 is 2.40 bits per heavy atom. The maximum atomic E-state index is 4.98. The highest BCUT2D eigenvalue weighted by molar-refractivity contribution is 5.66. The lowest BCUT2D eigenvalue weighted by Crippen LogP contribution is -2.32. The van der Waals surface area contributed by atoms with Crippen LogP contribution in [0, 0.1) is 27.7 Å². The van der Waals surface area contributed by atoms with Gasteiger partial charge < -0.3 is 10.2 Å². The first-order valence-electron chi connectivity index (χ1n) is 11.0. The fraction of sp³-hybridized carbons (Fsp3) is 0.385. The van der Waals surface area contributed by atoms with E-state index in [1.807, 2.05) is 0 Å². The Bertz CT molecular complexity index is 1020. The van der Waals surface area contributed by atoms with Gasteiger partial charge in [-0.3, -0.25) is 0 Å². The summed E-state index contributed by atoms with van der Waals surface area (Å²) in [5.74, 6) is 1.80. The van der Waals surface area contributed by atoms with Gasteiger partial charge in [-0.25, -0.2) is 4.98 Å². The van der Waals surface area contributed by atoms with Crippen LogP contribution in [0.25, 0.3) is 0 Å². The van der Waals surface area contributed by atoms with Gasteiger partial charge >= 0.3 is 0 Å². The van der Waals surface area contributed by atoms with Gasteiger partial charge in [0.1, 0.15) is 5.82 Å². The Balaban J connectivity index is 1.56. The molecule has 1 unspecified atom stereocenters. The second kappa shape index (κ2) is 8.47. The number of aryl methyl sites for hydroxylation is 5. The monoisotopic (exact) mass is 400 g/mol. The minimum Gasteiger partial charge on any atom is -0.353 e. The number of anilines is 3. The zero-order valence-corrected chi connectivity index (χ0v) is 18.8. The first-order valence-corrected chi connectivity index (χ1v) is 11.0. The van der Waals surface area contributed by atoms with Crippen molar-refractivity contribution in [3.63, 3.8) is 0 Å². The van der Waals surface area contributed by atoms with Gasteiger partial charge in [0.15, 0.2) is 0 Å². The van der Waals surface area contributed by atoms with Crippen molar-refractivity contribution < 1.29 is 0 Å². The lowest BCUT2D eigenvalue weighted by atomic mass is 10.1. The van der Waals surface area contributed by atoms with Crippen molar-refractivity contribution in [2.75, 3.05) is 16.8 Å². The summed E-state index contributed by atoms with van der Waals surface area (Å²) in [5.41, 5.74) is 8.62. The number of nitrogens with one attached hydrogen (secondary N) is 1. The fourth-order valence-corrected chi connectivity index (χ4v) is 4.60. The number of hydrogen-bond donors (Lipinski definition) is 1. The second-order valence-corrected chi connectivity index (χ2v) is 8.65. The molecule has 3 aromatic rings. The third-order valence-corrected chi connectivity index (χ3v) is 6.21. The summed E-state index contributed by atoms with van der Waals surface area (Å²) in [6.07, 6.45) is 3.23. The molecule has 0 spiro atoms. The molecule has 1 aromatic heterocycles. The van der Waals surface area contributed by atoms with E-state index in [4.69, 9.17) is 9.97 Å². The van der Waals surface area contributed by atoms with Crippen molar-refractivity contribution in [2.45, 2.75) is 59.9 Å². The van der Waals surface area contributed by atoms with Crippen LogP contribution < -0.4 is 10.2 Å². The Hall–Kier alpha value is -2.88. The molecule has 0 bridgehead atoms. The molecule has 4 heteroatoms. The summed E-state index contributed by atoms with van der Waals surface area (Å²) in [5, 5.41) is 3.51. The first-order chi connectivity index (χ1) is 14.4. The zero-order chi connectivity index (χ0) is 21.3. The van der Waals surface area contributed by atoms with Gasteiger partial charge in [-0.15, -0.1) is 0 Å². The minimum absolute atomic E-state index is 0.441. The third kappa shape index (κ3) is 4.18. The Labute approximate surface area is 180 Å². The van der Waals surface area contributed by atoms with Crippen molar-refractivity contribution >= 4 is 17.5 Å². The fourth-order valence-electron chi connectivity index (χ4n) is 4.60. The molecule has 0 saturated carbocycles. The van der Waals surface area contributed by atoms with Crippen molar-refractivity contribution in [1.82, 2.24) is 9.97 Å². The van der Waals surface area contributed by atoms with Gasteiger partial charge in [0.05, 0.1) is 0 Å². The van der Waals surface area contributed by atoms with E-state index in [1.165, 1.54) is 27.8 Å². The lowest BCUT2D eigenvalue weighted by Gasteiger charge is -2.27. The highest BCUT2D eigenvalue weighted by Crippen LogP contribution is 2.33. The number of aromatic nitrogens is 2. The Morgan fingerprint density at radius 2 is 1.70 bits per heavy atom. The van der Waals surface area contributed by atoms with Crippen molar-refractivity contribution in [3.8, 4) is 0 Å². The average Bonchev–Trinajstić information content (AvgIpc) is 3.14. The SMILES string of the molecule is Cc1cc(C)c(Nc2nc(C)c3c(n2)N(C(C)CCc2ccccc2)CC3)c(C)c1. The summed E-state index contributed by atoms with van der Waals surface area (Å²) in [7, 11) is 0. The number of rotatable bonds is 6. The molecular formula is C26H32N4. The highest BCUT2D eigenvalue weighted by atomic mass is 15.3. The molecule has 0 fully saturated rings. The number of hydrogen-bond acceptors (Lipinski definition) is 4. The maximum Gasteiger partial charge on any atom is 0.229 e. The van der Waals surface area contributed by atoms with Gasteiger partial charge in [0, 0.05) is 29.5 Å². The summed E-state index contributed by atoms with van der Waals surface area (Å²) in [6, 6.07) is 15.6. The number of nitrogens with zero attached hydrogens (tertiary/aromatic N) is 3. The molecule has 1 aliphatic heterocycles. The van der Waals surface area contributed by atoms with E-state index < -0.39 is 0 Å². The average molecular weight is 401 g/mol. The predicted molar refractivity (Wildman–Crippen MR) is 126 cm³/mol. The minimum atomic E-state index is 0.441. The van der Waals surface area contributed by atoms with E-state index in [0.29, 0.717) is 12.0 Å². The highest BCUT2D eigenvalue weighted by Gasteiger charge is 2.27. The number of fused-ring (bicyclic) bond motifs is 1. The van der Waals surface area contributed by atoms with Crippen LogP contribution >= 0.6 is 0 Å². The van der Waals surface area contributed by atoms with E-state index in [9.17, 15) is 0 Å². The topological polar surface area (TPSA) is 41.1 Å². The van der Waals surface area contributed by atoms with Crippen LogP contribution in [0.5, 0.6) is 0 Å². The van der Waals surface area contributed by atoms with E-state index in [1.54, 1.807) is 0 Å². The lowest BCUT2D eigenvalue weighted by molar-refractivity contribution is 0.600. The normalized spacial score (nSPS) is 14.0. The molecule has 0 radical (unpaired) electrons. The van der Waals surface area contributed by atoms with Gasteiger partial charge in [0.2, 0.25) is 5.95 Å². The van der Waals surface area contributed by atoms with Crippen LogP contribution in [0.4, 0.5) is 17.5 Å². The summed E-state index contributed by atoms with van der Waals surface area (Å²) < 4.78 is 0. The molecule has 2 heterocycles. The molecule has 30 heavy (non-hydrogen) atoms. The molecule has 0 saturated heterocycles. The van der Waals surface area contributed by atoms with Gasteiger partial charge in [0.25, 0.3) is 0 Å². The van der Waals surface area contributed by atoms with E-state index in [0.717, 1.165) is 43.0 Å². The zero-order valence-electron chi connectivity index (χ0n) is 18.8. The molecule has 156 valence electrons. The van der Waals surface area contributed by atoms with Crippen LogP contribution in [0.3, 0.4) is 0 Å². The first kappa shape index (κ1) is 20.4. The Morgan fingerprint density at radius 1 is 1.00 bits per heavy atom. The predicted octanol–water partition coefficient (Wildman–Crippen LogP) is 5.84. The molecule has 4 rings (SSSR count). The maximum absolute atomic E-state index is 4.98. The van der Waals surface area contributed by atoms with Gasteiger partial charge in [-0.05, 0) is 70.6 Å². The molecule has 1 N–H and O–H groups in total. The van der Waals surface area contributed by atoms with Crippen LogP contribution in [0.15, 0.2) is 42.5 Å². The van der Waals surface area contributed by atoms with E-state index >= 15 is 0 Å². The quantitative estimate of drug-likeness (QED) is 0.564. The van der Waals surface area contributed by atoms with Crippen LogP contribution in [0.1, 0.15) is 46.9 Å². The van der Waals surface area contributed by atoms with E-state index in [-0.39, 0.29) is 0 Å². The van der Waals surface area contributed by atoms with Gasteiger partial charge in [-0.1, -0.05) is 48.0 Å². The summed E-state index contributed by atoms with van der Waals surface area (Å²) in [4.78, 5) is 12.2. The van der Waals surface area contributed by atoms with Crippen LogP contribution in [-0.2, 0) is 12.8 Å². The number of benzene rings is 2. The molecule has 2 aromatic carbocycles. The largest absolute Gasteiger partial charge is 0.353 e. The molecule has 0 aliphatic carbocycles. The molecule has 4 nitrogen and oxygen atoms in total. The second-order valence-electron chi connectivity index (χ2n) is 8.65. The molecule has 1 aliphatic rings. The molecular weight excluding hydrogens is 368 g/mol.